The van der Waals surface area contributed by atoms with Crippen LogP contribution in [0.15, 0.2) is 40.8 Å². The monoisotopic (exact) mass is 308 g/mol. The van der Waals surface area contributed by atoms with Crippen molar-refractivity contribution in [2.45, 2.75) is 44.3 Å². The first-order valence-corrected chi connectivity index (χ1v) is 8.50. The summed E-state index contributed by atoms with van der Waals surface area (Å²) in [5.74, 6) is 3.31. The highest BCUT2D eigenvalue weighted by atomic mass is 16.3. The number of hydrogen-bond acceptors (Lipinski definition) is 3. The summed E-state index contributed by atoms with van der Waals surface area (Å²) in [7, 11) is 0. The Morgan fingerprint density at radius 1 is 1.13 bits per heavy atom. The van der Waals surface area contributed by atoms with E-state index in [1.165, 1.54) is 6.42 Å². The summed E-state index contributed by atoms with van der Waals surface area (Å²) < 4.78 is 6.13. The number of hydrogen-bond donors (Lipinski definition) is 1. The number of furan rings is 1. The third kappa shape index (κ3) is 2.08. The lowest BCUT2D eigenvalue weighted by Gasteiger charge is -2.37. The zero-order valence-corrected chi connectivity index (χ0v) is 13.2. The van der Waals surface area contributed by atoms with E-state index in [9.17, 15) is 4.79 Å². The number of carbonyl (C=O) groups is 1. The van der Waals surface area contributed by atoms with Gasteiger partial charge in [-0.1, -0.05) is 19.1 Å². The molecule has 2 aromatic rings. The average Bonchev–Trinajstić information content (AvgIpc) is 3.47. The Morgan fingerprint density at radius 2 is 1.87 bits per heavy atom. The molecular formula is C19H20N2O2. The Kier molecular flexibility index (Phi) is 2.67. The highest BCUT2D eigenvalue weighted by molar-refractivity contribution is 6.02. The van der Waals surface area contributed by atoms with Crippen molar-refractivity contribution in [3.63, 3.8) is 0 Å². The predicted octanol–water partition coefficient (Wildman–Crippen LogP) is 4.13. The number of benzene rings is 1. The predicted molar refractivity (Wildman–Crippen MR) is 87.2 cm³/mol. The van der Waals surface area contributed by atoms with Gasteiger partial charge in [-0.25, -0.2) is 0 Å². The Balaban J connectivity index is 1.53. The number of nitrogens with one attached hydrogen (secondary N) is 1. The van der Waals surface area contributed by atoms with Crippen LogP contribution in [-0.4, -0.2) is 16.8 Å². The minimum Gasteiger partial charge on any atom is -0.462 e. The number of rotatable bonds is 3. The lowest BCUT2D eigenvalue weighted by atomic mass is 10.1. The van der Waals surface area contributed by atoms with Crippen molar-refractivity contribution in [2.75, 3.05) is 5.32 Å². The molecule has 5 rings (SSSR count). The van der Waals surface area contributed by atoms with Gasteiger partial charge in [0.25, 0.3) is 5.91 Å². The lowest BCUT2D eigenvalue weighted by Crippen LogP contribution is -2.44. The molecule has 0 saturated heterocycles. The molecule has 4 nitrogen and oxygen atoms in total. The van der Waals surface area contributed by atoms with Crippen LogP contribution in [-0.2, 0) is 0 Å². The van der Waals surface area contributed by atoms with Gasteiger partial charge in [0.15, 0.2) is 6.17 Å². The van der Waals surface area contributed by atoms with E-state index in [4.69, 9.17) is 4.42 Å². The molecule has 1 aliphatic heterocycles. The van der Waals surface area contributed by atoms with Crippen LogP contribution >= 0.6 is 0 Å². The Morgan fingerprint density at radius 3 is 2.61 bits per heavy atom. The fourth-order valence-corrected chi connectivity index (χ4v) is 3.64. The van der Waals surface area contributed by atoms with E-state index in [2.05, 4.69) is 18.3 Å². The molecule has 2 aliphatic carbocycles. The molecule has 23 heavy (non-hydrogen) atoms. The van der Waals surface area contributed by atoms with E-state index < -0.39 is 0 Å². The summed E-state index contributed by atoms with van der Waals surface area (Å²) in [6, 6.07) is 12.2. The third-order valence-electron chi connectivity index (χ3n) is 5.29. The number of para-hydroxylation sites is 1. The van der Waals surface area contributed by atoms with Crippen LogP contribution in [0.4, 0.5) is 5.69 Å². The number of carbonyl (C=O) groups excluding carboxylic acids is 1. The molecule has 2 saturated carbocycles. The Labute approximate surface area is 135 Å². The molecule has 1 aromatic carbocycles. The van der Waals surface area contributed by atoms with E-state index >= 15 is 0 Å². The van der Waals surface area contributed by atoms with Gasteiger partial charge in [-0.2, -0.15) is 0 Å². The number of fused-ring (bicyclic) bond motifs is 1. The lowest BCUT2D eigenvalue weighted by molar-refractivity contribution is 0.0644. The van der Waals surface area contributed by atoms with Gasteiger partial charge in [0.2, 0.25) is 0 Å². The number of amides is 1. The second-order valence-corrected chi connectivity index (χ2v) is 7.10. The molecule has 0 bridgehead atoms. The van der Waals surface area contributed by atoms with Crippen LogP contribution in [0.1, 0.15) is 60.1 Å². The van der Waals surface area contributed by atoms with E-state index in [1.54, 1.807) is 0 Å². The molecule has 0 radical (unpaired) electrons. The first kappa shape index (κ1) is 13.2. The van der Waals surface area contributed by atoms with Crippen molar-refractivity contribution in [1.29, 1.82) is 0 Å². The van der Waals surface area contributed by atoms with Gasteiger partial charge >= 0.3 is 0 Å². The van der Waals surface area contributed by atoms with E-state index in [0.29, 0.717) is 12.0 Å². The molecule has 118 valence electrons. The molecular weight excluding hydrogens is 288 g/mol. The normalized spacial score (nSPS) is 29.2. The molecule has 4 heteroatoms. The van der Waals surface area contributed by atoms with Crippen molar-refractivity contribution in [3.05, 3.63) is 53.5 Å². The summed E-state index contributed by atoms with van der Waals surface area (Å²) in [5.41, 5.74) is 1.66. The molecule has 1 aromatic heterocycles. The third-order valence-corrected chi connectivity index (χ3v) is 5.29. The summed E-state index contributed by atoms with van der Waals surface area (Å²) in [5, 5.41) is 3.51. The van der Waals surface area contributed by atoms with Crippen LogP contribution in [0.2, 0.25) is 0 Å². The standard InChI is InChI=1S/C19H20N2O2/c1-11-10-14(11)16-8-9-17(23-16)18-20-15-5-3-2-4-13(15)19(22)21(18)12-6-7-12/h2-5,8-9,11-12,14,18,20H,6-7,10H2,1H3/t11-,14+,18+/m1/s1. The fraction of sp³-hybridized carbons (Fsp3) is 0.421. The van der Waals surface area contributed by atoms with Gasteiger partial charge in [0.1, 0.15) is 11.5 Å². The van der Waals surface area contributed by atoms with Crippen molar-refractivity contribution in [3.8, 4) is 0 Å². The quantitative estimate of drug-likeness (QED) is 0.927. The maximum atomic E-state index is 12.9. The largest absolute Gasteiger partial charge is 0.462 e. The Hall–Kier alpha value is -2.23. The smallest absolute Gasteiger partial charge is 0.258 e. The fourth-order valence-electron chi connectivity index (χ4n) is 3.64. The summed E-state index contributed by atoms with van der Waals surface area (Å²) in [6.07, 6.45) is 3.19. The van der Waals surface area contributed by atoms with Gasteiger partial charge in [-0.05, 0) is 49.4 Å². The maximum Gasteiger partial charge on any atom is 0.258 e. The maximum absolute atomic E-state index is 12.9. The van der Waals surface area contributed by atoms with Crippen molar-refractivity contribution >= 4 is 11.6 Å². The van der Waals surface area contributed by atoms with Gasteiger partial charge < -0.3 is 14.6 Å². The molecule has 2 fully saturated rings. The minimum absolute atomic E-state index is 0.115. The summed E-state index contributed by atoms with van der Waals surface area (Å²) in [4.78, 5) is 14.9. The summed E-state index contributed by atoms with van der Waals surface area (Å²) >= 11 is 0. The average molecular weight is 308 g/mol. The zero-order chi connectivity index (χ0) is 15.6. The van der Waals surface area contributed by atoms with Crippen LogP contribution in [0.25, 0.3) is 0 Å². The second-order valence-electron chi connectivity index (χ2n) is 7.10. The number of anilines is 1. The molecule has 2 heterocycles. The van der Waals surface area contributed by atoms with Crippen molar-refractivity contribution in [1.82, 2.24) is 4.90 Å². The van der Waals surface area contributed by atoms with Crippen molar-refractivity contribution < 1.29 is 9.21 Å². The SMILES string of the molecule is C[C@@H]1C[C@@H]1c1ccc([C@H]2Nc3ccccc3C(=O)N2C2CC2)o1. The zero-order valence-electron chi connectivity index (χ0n) is 13.2. The highest BCUT2D eigenvalue weighted by Crippen LogP contribution is 2.48. The molecule has 3 atom stereocenters. The number of nitrogens with zero attached hydrogens (tertiary/aromatic N) is 1. The molecule has 3 aliphatic rings. The van der Waals surface area contributed by atoms with Crippen LogP contribution < -0.4 is 5.32 Å². The minimum atomic E-state index is -0.187. The van der Waals surface area contributed by atoms with Gasteiger partial charge in [-0.3, -0.25) is 4.79 Å². The Bertz CT molecular complexity index is 777. The molecule has 0 unspecified atom stereocenters. The van der Waals surface area contributed by atoms with Crippen molar-refractivity contribution in [2.24, 2.45) is 5.92 Å². The first-order valence-electron chi connectivity index (χ1n) is 8.50. The van der Waals surface area contributed by atoms with Gasteiger partial charge in [0, 0.05) is 17.6 Å². The second kappa shape index (κ2) is 4.63. The molecule has 0 spiro atoms. The summed E-state index contributed by atoms with van der Waals surface area (Å²) in [6.45, 7) is 2.25. The van der Waals surface area contributed by atoms with Crippen LogP contribution in [0.3, 0.4) is 0 Å². The molecule has 1 N–H and O–H groups in total. The van der Waals surface area contributed by atoms with E-state index in [0.717, 1.165) is 41.5 Å². The van der Waals surface area contributed by atoms with E-state index in [1.807, 2.05) is 35.2 Å². The molecule has 1 amide bonds. The van der Waals surface area contributed by atoms with Crippen LogP contribution in [0, 0.1) is 5.92 Å². The van der Waals surface area contributed by atoms with E-state index in [-0.39, 0.29) is 12.1 Å². The van der Waals surface area contributed by atoms with Crippen LogP contribution in [0.5, 0.6) is 0 Å². The first-order chi connectivity index (χ1) is 11.2. The van der Waals surface area contributed by atoms with Gasteiger partial charge in [0.05, 0.1) is 5.56 Å². The highest BCUT2D eigenvalue weighted by Gasteiger charge is 2.44. The topological polar surface area (TPSA) is 45.5 Å². The van der Waals surface area contributed by atoms with Gasteiger partial charge in [-0.15, -0.1) is 0 Å².